The minimum atomic E-state index is -0.488. The van der Waals surface area contributed by atoms with E-state index in [2.05, 4.69) is 20.6 Å². The summed E-state index contributed by atoms with van der Waals surface area (Å²) >= 11 is 0.785. The average molecular weight is 316 g/mol. The molecule has 0 radical (unpaired) electrons. The maximum Gasteiger partial charge on any atom is 0.293 e. The number of thioether (sulfide) groups is 1. The molecule has 0 unspecified atom stereocenters. The molecule has 22 heavy (non-hydrogen) atoms. The summed E-state index contributed by atoms with van der Waals surface area (Å²) in [5.41, 5.74) is 0.386. The highest BCUT2D eigenvalue weighted by Crippen LogP contribution is 2.25. The smallest absolute Gasteiger partial charge is 0.293 e. The number of furan rings is 1. The van der Waals surface area contributed by atoms with Gasteiger partial charge < -0.3 is 4.42 Å². The predicted molar refractivity (Wildman–Crippen MR) is 77.8 cm³/mol. The lowest BCUT2D eigenvalue weighted by Crippen LogP contribution is -2.17. The van der Waals surface area contributed by atoms with Gasteiger partial charge >= 0.3 is 0 Å². The molecule has 8 nitrogen and oxygen atoms in total. The minimum absolute atomic E-state index is 0.0606. The first-order valence-electron chi connectivity index (χ1n) is 6.04. The number of nitrogens with one attached hydrogen (secondary N) is 2. The average Bonchev–Trinajstić information content (AvgIpc) is 3.10. The van der Waals surface area contributed by atoms with E-state index >= 15 is 0 Å². The van der Waals surface area contributed by atoms with Crippen LogP contribution >= 0.6 is 11.8 Å². The van der Waals surface area contributed by atoms with E-state index < -0.39 is 17.1 Å². The zero-order valence-electron chi connectivity index (χ0n) is 10.9. The van der Waals surface area contributed by atoms with Crippen LogP contribution in [0.2, 0.25) is 0 Å². The number of rotatable bonds is 3. The van der Waals surface area contributed by atoms with Crippen molar-refractivity contribution in [3.8, 4) is 0 Å². The summed E-state index contributed by atoms with van der Waals surface area (Å²) in [6, 6.07) is 4.64. The van der Waals surface area contributed by atoms with Gasteiger partial charge in [-0.05, 0) is 36.0 Å². The number of aromatic nitrogens is 2. The summed E-state index contributed by atoms with van der Waals surface area (Å²) in [5, 5.41) is 4.18. The normalized spacial score (nSPS) is 15.9. The Bertz CT molecular complexity index is 785. The molecule has 2 aromatic heterocycles. The van der Waals surface area contributed by atoms with Crippen LogP contribution in [0, 0.1) is 0 Å². The van der Waals surface area contributed by atoms with E-state index in [1.54, 1.807) is 12.1 Å². The lowest BCUT2D eigenvalue weighted by atomic mass is 10.3. The number of hydrogen-bond acceptors (Lipinski definition) is 7. The number of nitrogens with zero attached hydrogens (tertiary/aromatic N) is 2. The number of carbonyl (C=O) groups excluding carboxylic acids is 3. The van der Waals surface area contributed by atoms with Gasteiger partial charge in [0.05, 0.1) is 16.9 Å². The fourth-order valence-corrected chi connectivity index (χ4v) is 2.31. The fourth-order valence-electron chi connectivity index (χ4n) is 1.64. The molecule has 0 bridgehead atoms. The fraction of sp³-hybridized carbons (Fsp3) is 0. The molecule has 0 aromatic carbocycles. The van der Waals surface area contributed by atoms with Crippen molar-refractivity contribution in [2.24, 2.45) is 0 Å². The molecule has 3 heterocycles. The number of amides is 3. The van der Waals surface area contributed by atoms with Gasteiger partial charge in [0.25, 0.3) is 17.1 Å². The van der Waals surface area contributed by atoms with Gasteiger partial charge in [-0.25, -0.2) is 9.97 Å². The van der Waals surface area contributed by atoms with Crippen molar-refractivity contribution in [2.45, 2.75) is 0 Å². The maximum atomic E-state index is 11.8. The van der Waals surface area contributed by atoms with Crippen molar-refractivity contribution in [2.75, 3.05) is 5.32 Å². The first-order chi connectivity index (χ1) is 10.6. The Morgan fingerprint density at radius 1 is 1.36 bits per heavy atom. The van der Waals surface area contributed by atoms with Crippen molar-refractivity contribution >= 4 is 40.8 Å². The second-order valence-electron chi connectivity index (χ2n) is 4.09. The Balaban J connectivity index is 1.78. The summed E-state index contributed by atoms with van der Waals surface area (Å²) in [6.45, 7) is 0. The minimum Gasteiger partial charge on any atom is -0.459 e. The molecule has 0 aliphatic carbocycles. The third-order valence-electron chi connectivity index (χ3n) is 2.57. The van der Waals surface area contributed by atoms with Gasteiger partial charge in [-0.3, -0.25) is 25.0 Å². The van der Waals surface area contributed by atoms with Gasteiger partial charge in [-0.2, -0.15) is 0 Å². The van der Waals surface area contributed by atoms with Crippen LogP contribution in [-0.4, -0.2) is 27.0 Å². The molecule has 3 rings (SSSR count). The van der Waals surface area contributed by atoms with Gasteiger partial charge in [0.2, 0.25) is 5.95 Å². The van der Waals surface area contributed by atoms with Crippen LogP contribution in [0.3, 0.4) is 0 Å². The van der Waals surface area contributed by atoms with Crippen molar-refractivity contribution in [3.05, 3.63) is 47.0 Å². The van der Waals surface area contributed by atoms with Gasteiger partial charge in [0.15, 0.2) is 5.76 Å². The van der Waals surface area contributed by atoms with Crippen LogP contribution in [0.1, 0.15) is 16.2 Å². The van der Waals surface area contributed by atoms with Crippen molar-refractivity contribution < 1.29 is 18.8 Å². The third kappa shape index (κ3) is 3.04. The number of hydrogen-bond donors (Lipinski definition) is 2. The van der Waals surface area contributed by atoms with Gasteiger partial charge in [0, 0.05) is 6.20 Å². The second-order valence-corrected chi connectivity index (χ2v) is 5.10. The van der Waals surface area contributed by atoms with Crippen LogP contribution in [0.25, 0.3) is 6.08 Å². The van der Waals surface area contributed by atoms with E-state index in [1.165, 1.54) is 24.6 Å². The highest BCUT2D eigenvalue weighted by Gasteiger charge is 2.25. The molecule has 1 aliphatic rings. The van der Waals surface area contributed by atoms with Crippen LogP contribution in [-0.2, 0) is 4.79 Å². The van der Waals surface area contributed by atoms with Crippen LogP contribution in [0.15, 0.2) is 40.0 Å². The number of carbonyl (C=O) groups is 3. The predicted octanol–water partition coefficient (Wildman–Crippen LogP) is 1.65. The summed E-state index contributed by atoms with van der Waals surface area (Å²) in [5.74, 6) is -0.776. The van der Waals surface area contributed by atoms with Crippen LogP contribution < -0.4 is 10.6 Å². The van der Waals surface area contributed by atoms with Crippen molar-refractivity contribution in [3.63, 3.8) is 0 Å². The first kappa shape index (κ1) is 14.0. The molecule has 0 atom stereocenters. The van der Waals surface area contributed by atoms with Gasteiger partial charge in [0.1, 0.15) is 0 Å². The Labute approximate surface area is 128 Å². The monoisotopic (exact) mass is 316 g/mol. The maximum absolute atomic E-state index is 11.8. The molecule has 9 heteroatoms. The quantitative estimate of drug-likeness (QED) is 0.827. The van der Waals surface area contributed by atoms with Crippen molar-refractivity contribution in [1.29, 1.82) is 0 Å². The van der Waals surface area contributed by atoms with Crippen LogP contribution in [0.5, 0.6) is 0 Å². The summed E-state index contributed by atoms with van der Waals surface area (Å²) < 4.78 is 4.96. The van der Waals surface area contributed by atoms with E-state index in [1.807, 2.05) is 0 Å². The lowest BCUT2D eigenvalue weighted by Gasteiger charge is -2.02. The molecule has 2 aromatic rings. The SMILES string of the molecule is O=C1NC(=O)C(=Cc2ccnc(NC(=O)c3ccco3)n2)S1. The molecular weight excluding hydrogens is 308 g/mol. The third-order valence-corrected chi connectivity index (χ3v) is 3.38. The van der Waals surface area contributed by atoms with E-state index in [0.29, 0.717) is 5.69 Å². The zero-order valence-corrected chi connectivity index (χ0v) is 11.7. The van der Waals surface area contributed by atoms with Crippen LogP contribution in [0.4, 0.5) is 10.7 Å². The van der Waals surface area contributed by atoms with Gasteiger partial charge in [-0.15, -0.1) is 0 Å². The van der Waals surface area contributed by atoms with E-state index in [9.17, 15) is 14.4 Å². The Morgan fingerprint density at radius 3 is 2.91 bits per heavy atom. The standard InChI is InChI=1S/C13H8N4O4S/c18-10(8-2-1-5-21-8)16-12-14-4-3-7(15-12)6-9-11(19)17-13(20)22-9/h1-6H,(H,17,19,20)(H,14,15,16,18). The first-order valence-corrected chi connectivity index (χ1v) is 6.86. The van der Waals surface area contributed by atoms with Gasteiger partial charge in [-0.1, -0.05) is 0 Å². The number of imide groups is 1. The molecule has 3 amide bonds. The topological polar surface area (TPSA) is 114 Å². The number of anilines is 1. The molecule has 1 aliphatic heterocycles. The second kappa shape index (κ2) is 5.82. The molecule has 110 valence electrons. The van der Waals surface area contributed by atoms with E-state index in [0.717, 1.165) is 11.8 Å². The molecule has 0 spiro atoms. The molecule has 1 saturated heterocycles. The summed E-state index contributed by atoms with van der Waals surface area (Å²) in [7, 11) is 0. The van der Waals surface area contributed by atoms with Crippen molar-refractivity contribution in [1.82, 2.24) is 15.3 Å². The molecule has 0 saturated carbocycles. The highest BCUT2D eigenvalue weighted by molar-refractivity contribution is 8.18. The van der Waals surface area contributed by atoms with E-state index in [4.69, 9.17) is 4.42 Å². The Hall–Kier alpha value is -2.94. The summed E-state index contributed by atoms with van der Waals surface area (Å²) in [6.07, 6.45) is 4.25. The lowest BCUT2D eigenvalue weighted by molar-refractivity contribution is -0.115. The summed E-state index contributed by atoms with van der Waals surface area (Å²) in [4.78, 5) is 42.6. The Kier molecular flexibility index (Phi) is 3.71. The largest absolute Gasteiger partial charge is 0.459 e. The Morgan fingerprint density at radius 2 is 2.23 bits per heavy atom. The van der Waals surface area contributed by atoms with E-state index in [-0.39, 0.29) is 16.6 Å². The highest BCUT2D eigenvalue weighted by atomic mass is 32.2. The molecular formula is C13H8N4O4S. The molecule has 1 fully saturated rings. The zero-order chi connectivity index (χ0) is 15.5. The molecule has 2 N–H and O–H groups in total.